The number of hydrogen-bond donors (Lipinski definition) is 0. The molecular formula is C24H27Ti. The summed E-state index contributed by atoms with van der Waals surface area (Å²) >= 11 is 0. The Bertz CT molecular complexity index is 844. The van der Waals surface area contributed by atoms with Gasteiger partial charge >= 0.3 is 21.7 Å². The second kappa shape index (κ2) is 9.75. The van der Waals surface area contributed by atoms with Gasteiger partial charge in [-0.1, -0.05) is 39.8 Å². The van der Waals surface area contributed by atoms with Crippen LogP contribution in [0, 0.1) is 34.6 Å². The number of aryl methyl sites for hydroxylation is 4. The fraction of sp³-hybridized carbons (Fsp3) is 0.208. The number of rotatable bonds is 0. The Hall–Kier alpha value is -1.63. The fourth-order valence-electron chi connectivity index (χ4n) is 3.04. The van der Waals surface area contributed by atoms with Crippen molar-refractivity contribution in [1.29, 1.82) is 0 Å². The van der Waals surface area contributed by atoms with Crippen molar-refractivity contribution in [3.05, 3.63) is 89.8 Å². The molecule has 25 heavy (non-hydrogen) atoms. The van der Waals surface area contributed by atoms with Crippen molar-refractivity contribution in [3.63, 3.8) is 0 Å². The monoisotopic (exact) mass is 363 g/mol. The number of fused-ring (bicyclic) bond motifs is 2. The molecule has 4 aromatic rings. The van der Waals surface area contributed by atoms with Crippen molar-refractivity contribution in [2.75, 3.05) is 0 Å². The number of benzene rings is 2. The van der Waals surface area contributed by atoms with Crippen molar-refractivity contribution < 1.29 is 21.7 Å². The van der Waals surface area contributed by atoms with E-state index in [0.717, 1.165) is 0 Å². The topological polar surface area (TPSA) is 0 Å². The quantitative estimate of drug-likeness (QED) is 0.229. The molecule has 4 rings (SSSR count). The molecule has 0 bridgehead atoms. The van der Waals surface area contributed by atoms with E-state index in [-0.39, 0.29) is 21.7 Å². The molecule has 0 saturated carbocycles. The Morgan fingerprint density at radius 2 is 0.920 bits per heavy atom. The minimum absolute atomic E-state index is 0. The van der Waals surface area contributed by atoms with Crippen LogP contribution in [-0.2, 0) is 21.7 Å². The molecule has 0 N–H and O–H groups in total. The van der Waals surface area contributed by atoms with Gasteiger partial charge in [-0.05, 0) is 0 Å². The predicted molar refractivity (Wildman–Crippen MR) is 109 cm³/mol. The molecule has 0 atom stereocenters. The van der Waals surface area contributed by atoms with Gasteiger partial charge < -0.3 is 6.92 Å². The van der Waals surface area contributed by atoms with Crippen molar-refractivity contribution >= 4 is 21.5 Å². The molecule has 0 saturated heterocycles. The van der Waals surface area contributed by atoms with Crippen LogP contribution in [0.4, 0.5) is 0 Å². The van der Waals surface area contributed by atoms with Crippen LogP contribution in [0.25, 0.3) is 21.5 Å². The third-order valence-electron chi connectivity index (χ3n) is 4.66. The molecule has 0 nitrogen and oxygen atoms in total. The van der Waals surface area contributed by atoms with E-state index < -0.39 is 0 Å². The first-order valence-corrected chi connectivity index (χ1v) is 8.52. The standard InChI is InChI=1S/2C11H11.C2H5.Ti/c2*1-8-7-10-5-3-4-6-11(10)9(8)2;1-2;/h2*3-7H,1-2H3;1H2,2H3;/q3*-1;+3. The van der Waals surface area contributed by atoms with E-state index in [1.807, 2.05) is 0 Å². The molecule has 1 radical (unpaired) electrons. The summed E-state index contributed by atoms with van der Waals surface area (Å²) in [5.41, 5.74) is 5.62. The molecule has 0 aliphatic carbocycles. The van der Waals surface area contributed by atoms with Crippen molar-refractivity contribution in [2.24, 2.45) is 0 Å². The first-order valence-electron chi connectivity index (χ1n) is 8.52. The first-order chi connectivity index (χ1) is 11.6. The van der Waals surface area contributed by atoms with E-state index >= 15 is 0 Å². The van der Waals surface area contributed by atoms with Gasteiger partial charge in [-0.15, -0.1) is 81.2 Å². The van der Waals surface area contributed by atoms with Crippen LogP contribution in [0.15, 0.2) is 60.7 Å². The third-order valence-corrected chi connectivity index (χ3v) is 4.66. The average molecular weight is 363 g/mol. The van der Waals surface area contributed by atoms with Gasteiger partial charge in [0.05, 0.1) is 0 Å². The molecule has 0 heterocycles. The zero-order valence-corrected chi connectivity index (χ0v) is 17.5. The molecule has 0 aliphatic rings. The van der Waals surface area contributed by atoms with Gasteiger partial charge in [-0.3, -0.25) is 0 Å². The van der Waals surface area contributed by atoms with Crippen molar-refractivity contribution in [3.8, 4) is 0 Å². The summed E-state index contributed by atoms with van der Waals surface area (Å²) in [4.78, 5) is 0. The largest absolute Gasteiger partial charge is 3.00 e. The average Bonchev–Trinajstić information content (AvgIpc) is 3.07. The van der Waals surface area contributed by atoms with Crippen molar-refractivity contribution in [2.45, 2.75) is 34.6 Å². The second-order valence-corrected chi connectivity index (χ2v) is 6.08. The van der Waals surface area contributed by atoms with E-state index in [1.165, 1.54) is 43.8 Å². The minimum Gasteiger partial charge on any atom is -0.346 e. The molecule has 0 aliphatic heterocycles. The summed E-state index contributed by atoms with van der Waals surface area (Å²) in [6, 6.07) is 21.5. The van der Waals surface area contributed by atoms with E-state index in [2.05, 4.69) is 95.3 Å². The van der Waals surface area contributed by atoms with Crippen LogP contribution in [0.2, 0.25) is 0 Å². The molecule has 0 amide bonds. The molecule has 4 aromatic carbocycles. The van der Waals surface area contributed by atoms with Gasteiger partial charge in [0.2, 0.25) is 0 Å². The Labute approximate surface area is 167 Å². The Morgan fingerprint density at radius 1 is 0.600 bits per heavy atom. The first kappa shape index (κ1) is 21.4. The van der Waals surface area contributed by atoms with E-state index in [9.17, 15) is 0 Å². The van der Waals surface area contributed by atoms with E-state index in [1.54, 1.807) is 6.92 Å². The maximum Gasteiger partial charge on any atom is 3.00 e. The Morgan fingerprint density at radius 3 is 1.24 bits per heavy atom. The predicted octanol–water partition coefficient (Wildman–Crippen LogP) is 7.19. The zero-order valence-electron chi connectivity index (χ0n) is 16.0. The van der Waals surface area contributed by atoms with Crippen LogP contribution in [0.5, 0.6) is 0 Å². The third kappa shape index (κ3) is 4.72. The molecule has 1 heteroatoms. The van der Waals surface area contributed by atoms with E-state index in [4.69, 9.17) is 0 Å². The second-order valence-electron chi connectivity index (χ2n) is 6.08. The molecule has 0 aromatic heterocycles. The summed E-state index contributed by atoms with van der Waals surface area (Å²) in [5.74, 6) is 0. The summed E-state index contributed by atoms with van der Waals surface area (Å²) in [5, 5.41) is 5.51. The van der Waals surface area contributed by atoms with Crippen LogP contribution >= 0.6 is 0 Å². The SMILES string of the molecule is Cc1[cH-]c2ccccc2c1C.Cc1[cH-]c2ccccc2c1C.[CH2-]C.[Ti+3]. The van der Waals surface area contributed by atoms with Crippen molar-refractivity contribution in [1.82, 2.24) is 0 Å². The van der Waals surface area contributed by atoms with Gasteiger partial charge in [0.15, 0.2) is 0 Å². The van der Waals surface area contributed by atoms with Gasteiger partial charge in [0, 0.05) is 0 Å². The zero-order chi connectivity index (χ0) is 17.7. The van der Waals surface area contributed by atoms with Crippen LogP contribution in [0.3, 0.4) is 0 Å². The van der Waals surface area contributed by atoms with Gasteiger partial charge in [0.1, 0.15) is 0 Å². The van der Waals surface area contributed by atoms with Gasteiger partial charge in [0.25, 0.3) is 0 Å². The van der Waals surface area contributed by atoms with Crippen LogP contribution in [-0.4, -0.2) is 0 Å². The minimum atomic E-state index is 0. The molecule has 0 unspecified atom stereocenters. The number of hydrogen-bond acceptors (Lipinski definition) is 0. The van der Waals surface area contributed by atoms with Gasteiger partial charge in [-0.2, -0.15) is 18.1 Å². The van der Waals surface area contributed by atoms with Crippen LogP contribution < -0.4 is 0 Å². The summed E-state index contributed by atoms with van der Waals surface area (Å²) < 4.78 is 0. The smallest absolute Gasteiger partial charge is 0.346 e. The Balaban J connectivity index is 0.000000220. The summed E-state index contributed by atoms with van der Waals surface area (Å²) in [6.07, 6.45) is 0. The molecular weight excluding hydrogens is 336 g/mol. The van der Waals surface area contributed by atoms with E-state index in [0.29, 0.717) is 0 Å². The van der Waals surface area contributed by atoms with Crippen LogP contribution in [0.1, 0.15) is 29.2 Å². The molecule has 0 spiro atoms. The Kier molecular flexibility index (Phi) is 8.36. The summed E-state index contributed by atoms with van der Waals surface area (Å²) in [7, 11) is 0. The summed E-state index contributed by atoms with van der Waals surface area (Å²) in [6.45, 7) is 13.7. The molecule has 0 fully saturated rings. The van der Waals surface area contributed by atoms with Gasteiger partial charge in [-0.25, -0.2) is 0 Å². The normalized spacial score (nSPS) is 9.68. The maximum atomic E-state index is 3.25. The molecule has 127 valence electrons. The maximum absolute atomic E-state index is 3.25. The fourth-order valence-corrected chi connectivity index (χ4v) is 3.04.